The third-order valence-electron chi connectivity index (χ3n) is 4.32. The second-order valence-electron chi connectivity index (χ2n) is 6.57. The van der Waals surface area contributed by atoms with Gasteiger partial charge in [0.15, 0.2) is 17.3 Å². The van der Waals surface area contributed by atoms with E-state index in [9.17, 15) is 18.0 Å². The Hall–Kier alpha value is -3.58. The number of nitrogens with zero attached hydrogens (tertiary/aromatic N) is 1. The molecule has 3 aromatic carbocycles. The van der Waals surface area contributed by atoms with Gasteiger partial charge in [0.05, 0.1) is 10.6 Å². The fourth-order valence-electron chi connectivity index (χ4n) is 2.86. The molecule has 1 aliphatic rings. The van der Waals surface area contributed by atoms with Crippen LogP contribution in [0.1, 0.15) is 16.7 Å². The molecule has 156 valence electrons. The standard InChI is InChI=1S/C23H13ClF3NO3/c24-18-11-20(27)19(26)10-17(18)22-28-21(23(29)31-22)9-13-3-2-6-16(8-13)30-12-14-4-1-5-15(25)7-14/h1-11H,12H2/b21-9-. The van der Waals surface area contributed by atoms with E-state index in [0.717, 1.165) is 12.1 Å². The molecule has 0 unspecified atom stereocenters. The van der Waals surface area contributed by atoms with Crippen molar-refractivity contribution in [2.75, 3.05) is 0 Å². The van der Waals surface area contributed by atoms with E-state index in [1.54, 1.807) is 36.4 Å². The third kappa shape index (κ3) is 4.78. The van der Waals surface area contributed by atoms with Crippen LogP contribution in [0.3, 0.4) is 0 Å². The molecule has 4 rings (SSSR count). The minimum absolute atomic E-state index is 0.0375. The first-order valence-electron chi connectivity index (χ1n) is 9.04. The molecule has 0 N–H and O–H groups in total. The number of carbonyl (C=O) groups excluding carboxylic acids is 1. The number of aliphatic imine (C=N–C) groups is 1. The molecule has 0 spiro atoms. The number of hydrogen-bond donors (Lipinski definition) is 0. The van der Waals surface area contributed by atoms with Gasteiger partial charge in [-0.25, -0.2) is 23.0 Å². The molecule has 4 nitrogen and oxygen atoms in total. The summed E-state index contributed by atoms with van der Waals surface area (Å²) >= 11 is 5.91. The van der Waals surface area contributed by atoms with E-state index in [0.29, 0.717) is 16.9 Å². The predicted octanol–water partition coefficient (Wildman–Crippen LogP) is 5.68. The summed E-state index contributed by atoms with van der Waals surface area (Å²) in [5.41, 5.74) is 1.17. The zero-order chi connectivity index (χ0) is 22.0. The Labute approximate surface area is 180 Å². The lowest BCUT2D eigenvalue weighted by Gasteiger charge is -2.07. The zero-order valence-electron chi connectivity index (χ0n) is 15.7. The lowest BCUT2D eigenvalue weighted by atomic mass is 10.2. The first kappa shape index (κ1) is 20.7. The normalized spacial score (nSPS) is 14.5. The molecule has 0 aliphatic carbocycles. The summed E-state index contributed by atoms with van der Waals surface area (Å²) in [5.74, 6) is -3.10. The molecule has 0 radical (unpaired) electrons. The summed E-state index contributed by atoms with van der Waals surface area (Å²) in [6.07, 6.45) is 1.46. The Morgan fingerprint density at radius 1 is 1.00 bits per heavy atom. The zero-order valence-corrected chi connectivity index (χ0v) is 16.5. The van der Waals surface area contributed by atoms with Gasteiger partial charge in [-0.05, 0) is 53.6 Å². The number of esters is 1. The molecule has 0 fully saturated rings. The predicted molar refractivity (Wildman–Crippen MR) is 109 cm³/mol. The van der Waals surface area contributed by atoms with Crippen molar-refractivity contribution >= 4 is 29.5 Å². The van der Waals surface area contributed by atoms with E-state index in [-0.39, 0.29) is 34.6 Å². The lowest BCUT2D eigenvalue weighted by molar-refractivity contribution is -0.129. The van der Waals surface area contributed by atoms with E-state index >= 15 is 0 Å². The van der Waals surface area contributed by atoms with E-state index in [1.165, 1.54) is 18.2 Å². The number of cyclic esters (lactones) is 1. The van der Waals surface area contributed by atoms with Crippen LogP contribution in [0.4, 0.5) is 13.2 Å². The monoisotopic (exact) mass is 443 g/mol. The molecular weight excluding hydrogens is 431 g/mol. The summed E-state index contributed by atoms with van der Waals surface area (Å²) in [7, 11) is 0. The second-order valence-corrected chi connectivity index (χ2v) is 6.98. The van der Waals surface area contributed by atoms with Crippen molar-refractivity contribution in [1.82, 2.24) is 0 Å². The fourth-order valence-corrected chi connectivity index (χ4v) is 3.09. The topological polar surface area (TPSA) is 47.9 Å². The average molecular weight is 444 g/mol. The fraction of sp³-hybridized carbons (Fsp3) is 0.0435. The van der Waals surface area contributed by atoms with Crippen molar-refractivity contribution in [2.45, 2.75) is 6.61 Å². The van der Waals surface area contributed by atoms with E-state index in [4.69, 9.17) is 21.1 Å². The molecule has 31 heavy (non-hydrogen) atoms. The molecule has 0 aromatic heterocycles. The second kappa shape index (κ2) is 8.65. The summed E-state index contributed by atoms with van der Waals surface area (Å²) in [6, 6.07) is 14.5. The van der Waals surface area contributed by atoms with Gasteiger partial charge in [0, 0.05) is 0 Å². The van der Waals surface area contributed by atoms with Gasteiger partial charge in [-0.1, -0.05) is 35.9 Å². The van der Waals surface area contributed by atoms with E-state index < -0.39 is 17.6 Å². The Kier molecular flexibility index (Phi) is 5.77. The number of halogens is 4. The largest absolute Gasteiger partial charge is 0.489 e. The quantitative estimate of drug-likeness (QED) is 0.289. The molecule has 0 saturated heterocycles. The molecule has 1 heterocycles. The van der Waals surface area contributed by atoms with Gasteiger partial charge in [-0.2, -0.15) is 0 Å². The smallest absolute Gasteiger partial charge is 0.363 e. The van der Waals surface area contributed by atoms with Crippen molar-refractivity contribution in [3.8, 4) is 5.75 Å². The SMILES string of the molecule is O=C1OC(c2cc(F)c(F)cc2Cl)=N/C1=C\c1cccc(OCc2cccc(F)c2)c1. The summed E-state index contributed by atoms with van der Waals surface area (Å²) < 4.78 is 50.8. The van der Waals surface area contributed by atoms with Gasteiger partial charge in [0.1, 0.15) is 18.2 Å². The van der Waals surface area contributed by atoms with Gasteiger partial charge >= 0.3 is 5.97 Å². The van der Waals surface area contributed by atoms with Crippen LogP contribution in [-0.4, -0.2) is 11.9 Å². The van der Waals surface area contributed by atoms with Crippen LogP contribution < -0.4 is 4.74 Å². The van der Waals surface area contributed by atoms with Crippen LogP contribution in [0.5, 0.6) is 5.75 Å². The van der Waals surface area contributed by atoms with Crippen LogP contribution in [0.25, 0.3) is 6.08 Å². The minimum atomic E-state index is -1.14. The molecule has 0 amide bonds. The molecule has 8 heteroatoms. The molecule has 0 saturated carbocycles. The maximum Gasteiger partial charge on any atom is 0.363 e. The van der Waals surface area contributed by atoms with Gasteiger partial charge in [0.2, 0.25) is 5.90 Å². The first-order valence-corrected chi connectivity index (χ1v) is 9.41. The number of benzene rings is 3. The summed E-state index contributed by atoms with van der Waals surface area (Å²) in [4.78, 5) is 16.2. The lowest BCUT2D eigenvalue weighted by Crippen LogP contribution is -2.07. The van der Waals surface area contributed by atoms with Crippen molar-refractivity contribution in [3.05, 3.63) is 106 Å². The summed E-state index contributed by atoms with van der Waals surface area (Å²) in [6.45, 7) is 0.163. The van der Waals surface area contributed by atoms with Crippen LogP contribution in [-0.2, 0) is 16.1 Å². The van der Waals surface area contributed by atoms with Gasteiger partial charge in [-0.3, -0.25) is 0 Å². The van der Waals surface area contributed by atoms with E-state index in [1.807, 2.05) is 0 Å². The molecular formula is C23H13ClF3NO3. The minimum Gasteiger partial charge on any atom is -0.489 e. The van der Waals surface area contributed by atoms with Gasteiger partial charge < -0.3 is 9.47 Å². The Bertz CT molecular complexity index is 1240. The van der Waals surface area contributed by atoms with Crippen molar-refractivity contribution < 1.29 is 27.4 Å². The van der Waals surface area contributed by atoms with Crippen LogP contribution >= 0.6 is 11.6 Å². The van der Waals surface area contributed by atoms with Crippen LogP contribution in [0.15, 0.2) is 71.4 Å². The Morgan fingerprint density at radius 3 is 2.58 bits per heavy atom. The molecule has 0 atom stereocenters. The van der Waals surface area contributed by atoms with Crippen molar-refractivity contribution in [3.63, 3.8) is 0 Å². The first-order chi connectivity index (χ1) is 14.9. The molecule has 3 aromatic rings. The Morgan fingerprint density at radius 2 is 1.77 bits per heavy atom. The van der Waals surface area contributed by atoms with Crippen molar-refractivity contribution in [1.29, 1.82) is 0 Å². The number of rotatable bonds is 5. The number of ether oxygens (including phenoxy) is 2. The highest BCUT2D eigenvalue weighted by Gasteiger charge is 2.26. The third-order valence-corrected chi connectivity index (χ3v) is 4.63. The van der Waals surface area contributed by atoms with Crippen LogP contribution in [0, 0.1) is 17.5 Å². The maximum atomic E-state index is 13.5. The molecule has 1 aliphatic heterocycles. The number of carbonyl (C=O) groups is 1. The molecule has 0 bridgehead atoms. The summed E-state index contributed by atoms with van der Waals surface area (Å²) in [5, 5.41) is -0.139. The van der Waals surface area contributed by atoms with Crippen molar-refractivity contribution in [2.24, 2.45) is 4.99 Å². The highest BCUT2D eigenvalue weighted by molar-refractivity contribution is 6.34. The van der Waals surface area contributed by atoms with Crippen LogP contribution in [0.2, 0.25) is 5.02 Å². The maximum absolute atomic E-state index is 13.5. The van der Waals surface area contributed by atoms with Gasteiger partial charge in [-0.15, -0.1) is 0 Å². The highest BCUT2D eigenvalue weighted by atomic mass is 35.5. The van der Waals surface area contributed by atoms with E-state index in [2.05, 4.69) is 4.99 Å². The Balaban J connectivity index is 1.55. The highest BCUT2D eigenvalue weighted by Crippen LogP contribution is 2.26. The average Bonchev–Trinajstić information content (AvgIpc) is 3.09. The number of hydrogen-bond acceptors (Lipinski definition) is 4. The van der Waals surface area contributed by atoms with Gasteiger partial charge in [0.25, 0.3) is 0 Å².